The Morgan fingerprint density at radius 1 is 0.967 bits per heavy atom. The Bertz CT molecular complexity index is 1180. The molecule has 152 valence electrons. The van der Waals surface area contributed by atoms with Gasteiger partial charge in [0.1, 0.15) is 5.82 Å². The molecule has 0 amide bonds. The normalized spacial score (nSPS) is 14.4. The standard InChI is InChI=1S/C24H22ClFN4/c25-20-15-17(9-10-21(20)26)16-30-22-8-4-7-19(18-5-2-1-3-6-18)23(22)28-24(30)29-13-11-27-12-14-29/h1-10,15,27H,11-14,16H2. The van der Waals surface area contributed by atoms with Crippen LogP contribution in [0.3, 0.4) is 0 Å². The second kappa shape index (κ2) is 8.09. The van der Waals surface area contributed by atoms with Crippen molar-refractivity contribution in [3.8, 4) is 11.1 Å². The molecule has 0 atom stereocenters. The van der Waals surface area contributed by atoms with Gasteiger partial charge in [-0.25, -0.2) is 9.37 Å². The van der Waals surface area contributed by atoms with E-state index in [-0.39, 0.29) is 5.02 Å². The molecule has 30 heavy (non-hydrogen) atoms. The summed E-state index contributed by atoms with van der Waals surface area (Å²) < 4.78 is 15.9. The first-order valence-electron chi connectivity index (χ1n) is 10.1. The Balaban J connectivity index is 1.67. The molecule has 0 radical (unpaired) electrons. The van der Waals surface area contributed by atoms with Gasteiger partial charge in [-0.15, -0.1) is 0 Å². The number of benzene rings is 3. The van der Waals surface area contributed by atoms with Crippen LogP contribution in [0.1, 0.15) is 5.56 Å². The number of nitrogens with one attached hydrogen (secondary N) is 1. The number of aromatic nitrogens is 2. The first kappa shape index (κ1) is 19.1. The van der Waals surface area contributed by atoms with Crippen LogP contribution in [0.5, 0.6) is 0 Å². The molecule has 6 heteroatoms. The number of hydrogen-bond donors (Lipinski definition) is 1. The van der Waals surface area contributed by atoms with Crippen molar-refractivity contribution in [3.05, 3.63) is 83.1 Å². The molecule has 4 nitrogen and oxygen atoms in total. The van der Waals surface area contributed by atoms with Crippen LogP contribution in [-0.4, -0.2) is 35.7 Å². The fraction of sp³-hybridized carbons (Fsp3) is 0.208. The predicted molar refractivity (Wildman–Crippen MR) is 121 cm³/mol. The number of imidazole rings is 1. The van der Waals surface area contributed by atoms with Crippen LogP contribution >= 0.6 is 11.6 Å². The summed E-state index contributed by atoms with van der Waals surface area (Å²) >= 11 is 6.05. The Labute approximate surface area is 179 Å². The maximum absolute atomic E-state index is 13.7. The molecule has 1 aliphatic heterocycles. The van der Waals surface area contributed by atoms with Gasteiger partial charge in [0.15, 0.2) is 0 Å². The lowest BCUT2D eigenvalue weighted by molar-refractivity contribution is 0.571. The van der Waals surface area contributed by atoms with Crippen molar-refractivity contribution in [3.63, 3.8) is 0 Å². The molecule has 0 saturated carbocycles. The van der Waals surface area contributed by atoms with Crippen LogP contribution in [0, 0.1) is 5.82 Å². The highest BCUT2D eigenvalue weighted by Crippen LogP contribution is 2.32. The topological polar surface area (TPSA) is 33.1 Å². The van der Waals surface area contributed by atoms with Gasteiger partial charge in [-0.1, -0.05) is 60.1 Å². The van der Waals surface area contributed by atoms with Gasteiger partial charge in [0.25, 0.3) is 0 Å². The molecular weight excluding hydrogens is 399 g/mol. The van der Waals surface area contributed by atoms with Gasteiger partial charge in [0, 0.05) is 31.7 Å². The van der Waals surface area contributed by atoms with E-state index in [9.17, 15) is 4.39 Å². The Morgan fingerprint density at radius 3 is 2.53 bits per heavy atom. The van der Waals surface area contributed by atoms with Gasteiger partial charge >= 0.3 is 0 Å². The SMILES string of the molecule is Fc1ccc(Cn2c(N3CCNCC3)nc3c(-c4ccccc4)cccc32)cc1Cl. The van der Waals surface area contributed by atoms with Crippen molar-refractivity contribution < 1.29 is 4.39 Å². The van der Waals surface area contributed by atoms with Crippen LogP contribution in [0.4, 0.5) is 10.3 Å². The van der Waals surface area contributed by atoms with Crippen LogP contribution in [-0.2, 0) is 6.54 Å². The number of halogens is 2. The Morgan fingerprint density at radius 2 is 1.77 bits per heavy atom. The third kappa shape index (κ3) is 3.55. The fourth-order valence-corrected chi connectivity index (χ4v) is 4.27. The molecule has 1 aliphatic rings. The molecule has 1 aromatic heterocycles. The highest BCUT2D eigenvalue weighted by Gasteiger charge is 2.21. The number of fused-ring (bicyclic) bond motifs is 1. The molecule has 2 heterocycles. The number of hydrogen-bond acceptors (Lipinski definition) is 3. The highest BCUT2D eigenvalue weighted by molar-refractivity contribution is 6.30. The molecule has 5 rings (SSSR count). The summed E-state index contributed by atoms with van der Waals surface area (Å²) in [5.41, 5.74) is 5.24. The van der Waals surface area contributed by atoms with E-state index in [0.717, 1.165) is 59.9 Å². The van der Waals surface area contributed by atoms with Crippen LogP contribution < -0.4 is 10.2 Å². The van der Waals surface area contributed by atoms with Crippen LogP contribution in [0.2, 0.25) is 5.02 Å². The first-order chi connectivity index (χ1) is 14.7. The minimum atomic E-state index is -0.399. The van der Waals surface area contributed by atoms with E-state index in [4.69, 9.17) is 16.6 Å². The van der Waals surface area contributed by atoms with Crippen molar-refractivity contribution in [1.82, 2.24) is 14.9 Å². The smallest absolute Gasteiger partial charge is 0.206 e. The first-order valence-corrected chi connectivity index (χ1v) is 10.5. The summed E-state index contributed by atoms with van der Waals surface area (Å²) in [6, 6.07) is 21.5. The van der Waals surface area contributed by atoms with Gasteiger partial charge in [-0.2, -0.15) is 0 Å². The highest BCUT2D eigenvalue weighted by atomic mass is 35.5. The second-order valence-corrected chi connectivity index (χ2v) is 7.93. The number of para-hydroxylation sites is 1. The fourth-order valence-electron chi connectivity index (χ4n) is 4.07. The molecule has 0 aliphatic carbocycles. The zero-order valence-electron chi connectivity index (χ0n) is 16.5. The van der Waals surface area contributed by atoms with E-state index in [1.165, 1.54) is 6.07 Å². The van der Waals surface area contributed by atoms with E-state index in [1.807, 2.05) is 18.2 Å². The van der Waals surface area contributed by atoms with Gasteiger partial charge in [-0.05, 0) is 29.3 Å². The van der Waals surface area contributed by atoms with Crippen LogP contribution in [0.25, 0.3) is 22.2 Å². The molecule has 1 fully saturated rings. The molecule has 0 spiro atoms. The summed E-state index contributed by atoms with van der Waals surface area (Å²) in [4.78, 5) is 7.42. The van der Waals surface area contributed by atoms with Crippen LogP contribution in [0.15, 0.2) is 66.7 Å². The van der Waals surface area contributed by atoms with E-state index in [2.05, 4.69) is 45.1 Å². The zero-order valence-corrected chi connectivity index (χ0v) is 17.2. The average Bonchev–Trinajstić information content (AvgIpc) is 3.16. The quantitative estimate of drug-likeness (QED) is 0.507. The van der Waals surface area contributed by atoms with Gasteiger partial charge in [-0.3, -0.25) is 0 Å². The predicted octanol–water partition coefficient (Wildman–Crippen LogP) is 4.95. The third-order valence-electron chi connectivity index (χ3n) is 5.57. The lowest BCUT2D eigenvalue weighted by Crippen LogP contribution is -2.44. The number of anilines is 1. The van der Waals surface area contributed by atoms with Gasteiger partial charge in [0.05, 0.1) is 22.6 Å². The average molecular weight is 421 g/mol. The van der Waals surface area contributed by atoms with E-state index in [0.29, 0.717) is 6.54 Å². The molecule has 4 aromatic rings. The number of piperazine rings is 1. The molecule has 1 N–H and O–H groups in total. The van der Waals surface area contributed by atoms with Crippen molar-refractivity contribution in [2.24, 2.45) is 0 Å². The maximum atomic E-state index is 13.7. The molecule has 0 unspecified atom stereocenters. The summed E-state index contributed by atoms with van der Waals surface area (Å²) in [6.07, 6.45) is 0. The van der Waals surface area contributed by atoms with Crippen molar-refractivity contribution in [1.29, 1.82) is 0 Å². The molecule has 3 aromatic carbocycles. The van der Waals surface area contributed by atoms with Crippen molar-refractivity contribution in [2.45, 2.75) is 6.54 Å². The number of rotatable bonds is 4. The Kier molecular flexibility index (Phi) is 5.15. The van der Waals surface area contributed by atoms with E-state index in [1.54, 1.807) is 12.1 Å². The minimum absolute atomic E-state index is 0.144. The summed E-state index contributed by atoms with van der Waals surface area (Å²) in [5, 5.41) is 3.54. The Hall–Kier alpha value is -2.89. The van der Waals surface area contributed by atoms with Crippen molar-refractivity contribution in [2.75, 3.05) is 31.1 Å². The minimum Gasteiger partial charge on any atom is -0.340 e. The molecule has 1 saturated heterocycles. The summed E-state index contributed by atoms with van der Waals surface area (Å²) in [7, 11) is 0. The number of nitrogens with zero attached hydrogens (tertiary/aromatic N) is 3. The monoisotopic (exact) mass is 420 g/mol. The largest absolute Gasteiger partial charge is 0.340 e. The van der Waals surface area contributed by atoms with Gasteiger partial charge < -0.3 is 14.8 Å². The van der Waals surface area contributed by atoms with E-state index >= 15 is 0 Å². The van der Waals surface area contributed by atoms with Crippen molar-refractivity contribution >= 4 is 28.6 Å². The van der Waals surface area contributed by atoms with Gasteiger partial charge in [0.2, 0.25) is 5.95 Å². The third-order valence-corrected chi connectivity index (χ3v) is 5.86. The van der Waals surface area contributed by atoms with E-state index < -0.39 is 5.82 Å². The molecular formula is C24H22ClFN4. The second-order valence-electron chi connectivity index (χ2n) is 7.52. The maximum Gasteiger partial charge on any atom is 0.206 e. The lowest BCUT2D eigenvalue weighted by Gasteiger charge is -2.29. The summed E-state index contributed by atoms with van der Waals surface area (Å²) in [5.74, 6) is 0.542. The summed E-state index contributed by atoms with van der Waals surface area (Å²) in [6.45, 7) is 4.23. The lowest BCUT2D eigenvalue weighted by atomic mass is 10.0. The molecule has 0 bridgehead atoms. The zero-order chi connectivity index (χ0) is 20.5.